The van der Waals surface area contributed by atoms with Gasteiger partial charge in [0.25, 0.3) is 11.8 Å². The normalized spacial score (nSPS) is 9.94. The van der Waals surface area contributed by atoms with Crippen molar-refractivity contribution in [1.82, 2.24) is 9.88 Å². The van der Waals surface area contributed by atoms with Crippen molar-refractivity contribution >= 4 is 57.7 Å². The number of nitrogens with one attached hydrogen (secondary N) is 3. The number of hydrogen-bond acceptors (Lipinski definition) is 5. The number of rotatable bonds is 6. The van der Waals surface area contributed by atoms with Crippen molar-refractivity contribution in [2.24, 2.45) is 0 Å². The summed E-state index contributed by atoms with van der Waals surface area (Å²) in [5.41, 5.74) is 1.60. The molecule has 0 saturated carbocycles. The zero-order chi connectivity index (χ0) is 23.3. The molecule has 0 fully saturated rings. The van der Waals surface area contributed by atoms with Gasteiger partial charge in [-0.05, 0) is 42.5 Å². The molecule has 3 N–H and O–H groups in total. The van der Waals surface area contributed by atoms with Crippen molar-refractivity contribution in [2.75, 3.05) is 31.8 Å². The number of amides is 2. The molecule has 0 saturated heterocycles. The molecule has 0 unspecified atom stereocenters. The van der Waals surface area contributed by atoms with Gasteiger partial charge in [-0.3, -0.25) is 15.0 Å². The number of halogens is 2. The molecule has 0 aliphatic carbocycles. The number of aromatic nitrogens is 1. The number of benzene rings is 2. The van der Waals surface area contributed by atoms with E-state index in [0.29, 0.717) is 39.2 Å². The van der Waals surface area contributed by atoms with Crippen LogP contribution in [-0.4, -0.2) is 48.7 Å². The van der Waals surface area contributed by atoms with Gasteiger partial charge in [-0.2, -0.15) is 0 Å². The predicted molar refractivity (Wildman–Crippen MR) is 135 cm³/mol. The second kappa shape index (κ2) is 11.4. The number of methoxy groups -OCH3 is 1. The van der Waals surface area contributed by atoms with Crippen LogP contribution in [0.1, 0.15) is 26.3 Å². The molecule has 3 rings (SSSR count). The lowest BCUT2D eigenvalue weighted by molar-refractivity contribution is 0.102. The highest BCUT2D eigenvalue weighted by atomic mass is 79.9. The molecule has 0 aliphatic rings. The predicted octanol–water partition coefficient (Wildman–Crippen LogP) is 4.71. The summed E-state index contributed by atoms with van der Waals surface area (Å²) < 4.78 is 5.22. The number of pyridine rings is 1. The van der Waals surface area contributed by atoms with Crippen molar-refractivity contribution in [3.05, 3.63) is 82.5 Å². The molecule has 0 bridgehead atoms. The van der Waals surface area contributed by atoms with E-state index in [9.17, 15) is 9.59 Å². The number of carbonyl (C=O) groups is 2. The first-order chi connectivity index (χ1) is 15.3. The monoisotopic (exact) mass is 531 g/mol. The molecule has 0 atom stereocenters. The van der Waals surface area contributed by atoms with Crippen molar-refractivity contribution in [3.8, 4) is 5.75 Å². The molecular weight excluding hydrogens is 510 g/mol. The van der Waals surface area contributed by atoms with Crippen molar-refractivity contribution in [2.45, 2.75) is 0 Å². The molecule has 3 aromatic rings. The van der Waals surface area contributed by atoms with Gasteiger partial charge in [0.05, 0.1) is 23.4 Å². The molecule has 2 aromatic carbocycles. The first kappa shape index (κ1) is 25.8. The smallest absolute Gasteiger partial charge is 0.259 e. The Morgan fingerprint density at radius 3 is 2.21 bits per heavy atom. The van der Waals surface area contributed by atoms with Crippen molar-refractivity contribution in [3.63, 3.8) is 0 Å². The summed E-state index contributed by atoms with van der Waals surface area (Å²) in [4.78, 5) is 31.4. The van der Waals surface area contributed by atoms with Crippen LogP contribution in [0.2, 0.25) is 5.02 Å². The maximum atomic E-state index is 12.9. The lowest BCUT2D eigenvalue weighted by atomic mass is 10.1. The van der Waals surface area contributed by atoms with E-state index in [1.54, 1.807) is 67.5 Å². The molecule has 1 heterocycles. The Kier molecular flexibility index (Phi) is 8.95. The topological polar surface area (TPSA) is 107 Å². The van der Waals surface area contributed by atoms with E-state index in [1.165, 1.54) is 19.4 Å². The summed E-state index contributed by atoms with van der Waals surface area (Å²) in [6.07, 6.45) is 1.42. The van der Waals surface area contributed by atoms with Gasteiger partial charge in [-0.25, -0.2) is 4.98 Å². The van der Waals surface area contributed by atoms with E-state index in [4.69, 9.17) is 21.7 Å². The van der Waals surface area contributed by atoms with Crippen LogP contribution in [0.5, 0.6) is 5.75 Å². The fourth-order valence-corrected chi connectivity index (χ4v) is 2.92. The van der Waals surface area contributed by atoms with Crippen LogP contribution in [0.25, 0.3) is 0 Å². The number of hydrogen-bond donors (Lipinski definition) is 3. The fourth-order valence-electron chi connectivity index (χ4n) is 2.81. The van der Waals surface area contributed by atoms with Crippen LogP contribution >= 0.6 is 28.6 Å². The van der Waals surface area contributed by atoms with Crippen LogP contribution in [0.15, 0.2) is 60.8 Å². The minimum atomic E-state index is -0.469. The van der Waals surface area contributed by atoms with Crippen LogP contribution in [0.3, 0.4) is 0 Å². The summed E-state index contributed by atoms with van der Waals surface area (Å²) >= 11 is 5.83. The van der Waals surface area contributed by atoms with Crippen molar-refractivity contribution < 1.29 is 14.3 Å². The number of ether oxygens (including phenoxy) is 1. The minimum Gasteiger partial charge on any atom is -0.497 e. The quantitative estimate of drug-likeness (QED) is 0.315. The van der Waals surface area contributed by atoms with Crippen LogP contribution in [0, 0.1) is 5.41 Å². The summed E-state index contributed by atoms with van der Waals surface area (Å²) in [6.45, 7) is 0. The Morgan fingerprint density at radius 1 is 0.970 bits per heavy atom. The maximum absolute atomic E-state index is 12.9. The van der Waals surface area contributed by atoms with E-state index in [2.05, 4.69) is 15.6 Å². The Balaban J connectivity index is 0.00000385. The molecule has 0 aliphatic heterocycles. The zero-order valence-corrected chi connectivity index (χ0v) is 20.6. The number of nitrogens with zero attached hydrogens (tertiary/aromatic N) is 2. The van der Waals surface area contributed by atoms with Gasteiger partial charge in [0.1, 0.15) is 17.4 Å². The maximum Gasteiger partial charge on any atom is 0.259 e. The lowest BCUT2D eigenvalue weighted by Crippen LogP contribution is -2.22. The molecule has 1 aromatic heterocycles. The highest BCUT2D eigenvalue weighted by molar-refractivity contribution is 8.93. The Labute approximate surface area is 207 Å². The fraction of sp³-hybridized carbons (Fsp3) is 0.130. The van der Waals surface area contributed by atoms with E-state index >= 15 is 0 Å². The Morgan fingerprint density at radius 2 is 1.64 bits per heavy atom. The van der Waals surface area contributed by atoms with E-state index < -0.39 is 11.8 Å². The summed E-state index contributed by atoms with van der Waals surface area (Å²) in [6, 6.07) is 14.6. The van der Waals surface area contributed by atoms with Crippen molar-refractivity contribution in [1.29, 1.82) is 5.41 Å². The lowest BCUT2D eigenvalue weighted by Gasteiger charge is -2.15. The first-order valence-corrected chi connectivity index (χ1v) is 9.95. The average molecular weight is 533 g/mol. The number of anilines is 2. The van der Waals surface area contributed by atoms with Gasteiger partial charge in [0.15, 0.2) is 0 Å². The second-order valence-corrected chi connectivity index (χ2v) is 7.44. The largest absolute Gasteiger partial charge is 0.497 e. The van der Waals surface area contributed by atoms with Gasteiger partial charge >= 0.3 is 0 Å². The highest BCUT2D eigenvalue weighted by Crippen LogP contribution is 2.24. The van der Waals surface area contributed by atoms with Crippen LogP contribution in [0.4, 0.5) is 11.5 Å². The van der Waals surface area contributed by atoms with Gasteiger partial charge < -0.3 is 20.3 Å². The molecule has 2 amide bonds. The number of carbonyl (C=O) groups excluding carboxylic acids is 2. The van der Waals surface area contributed by atoms with Crippen LogP contribution in [-0.2, 0) is 0 Å². The first-order valence-electron chi connectivity index (χ1n) is 9.57. The molecule has 172 valence electrons. The molecule has 0 radical (unpaired) electrons. The number of amidine groups is 1. The second-order valence-electron chi connectivity index (χ2n) is 7.00. The van der Waals surface area contributed by atoms with Crippen LogP contribution < -0.4 is 15.4 Å². The van der Waals surface area contributed by atoms with Gasteiger partial charge in [-0.1, -0.05) is 23.7 Å². The SMILES string of the molecule is Br.COc1ccc(NC(=O)c2ccc(C(=N)N(C)C)cc2)c(C(=O)Nc2ccc(Cl)cn2)c1. The zero-order valence-electron chi connectivity index (χ0n) is 18.2. The third-order valence-electron chi connectivity index (χ3n) is 4.56. The van der Waals surface area contributed by atoms with E-state index in [1.807, 2.05) is 0 Å². The highest BCUT2D eigenvalue weighted by Gasteiger charge is 2.17. The Bertz CT molecular complexity index is 1150. The standard InChI is InChI=1S/C23H22ClN5O3.BrH/c1-29(2)21(25)14-4-6-15(7-5-14)22(30)27-19-10-9-17(32-3)12-18(19)23(31)28-20-11-8-16(24)13-26-20;/h4-13,25H,1-3H3,(H,27,30)(H,26,28,31);1H. The molecule has 8 nitrogen and oxygen atoms in total. The van der Waals surface area contributed by atoms with Gasteiger partial charge in [0.2, 0.25) is 0 Å². The minimum absolute atomic E-state index is 0. The van der Waals surface area contributed by atoms with Gasteiger partial charge in [-0.15, -0.1) is 17.0 Å². The average Bonchev–Trinajstić information content (AvgIpc) is 2.80. The molecule has 10 heteroatoms. The molecular formula is C23H23BrClN5O3. The van der Waals surface area contributed by atoms with E-state index in [0.717, 1.165) is 0 Å². The summed E-state index contributed by atoms with van der Waals surface area (Å²) in [5, 5.41) is 13.9. The third-order valence-corrected chi connectivity index (χ3v) is 4.78. The Hall–Kier alpha value is -3.43. The third kappa shape index (κ3) is 6.53. The molecule has 33 heavy (non-hydrogen) atoms. The van der Waals surface area contributed by atoms with E-state index in [-0.39, 0.29) is 22.5 Å². The molecule has 0 spiro atoms. The van der Waals surface area contributed by atoms with Gasteiger partial charge in [0, 0.05) is 31.4 Å². The summed E-state index contributed by atoms with van der Waals surface area (Å²) in [5.74, 6) is 0.254. The summed E-state index contributed by atoms with van der Waals surface area (Å²) in [7, 11) is 5.04.